The maximum absolute atomic E-state index is 13.0. The van der Waals surface area contributed by atoms with Gasteiger partial charge in [-0.3, -0.25) is 4.79 Å². The minimum Gasteiger partial charge on any atom is -0.338 e. The average molecular weight is 373 g/mol. The first-order valence-corrected chi connectivity index (χ1v) is 9.58. The van der Waals surface area contributed by atoms with Crippen molar-refractivity contribution in [2.45, 2.75) is 57.5 Å². The van der Waals surface area contributed by atoms with Crippen LogP contribution in [0, 0.1) is 18.2 Å². The van der Waals surface area contributed by atoms with Crippen LogP contribution in [0.4, 0.5) is 9.18 Å². The van der Waals surface area contributed by atoms with Crippen molar-refractivity contribution >= 4 is 11.9 Å². The second-order valence-corrected chi connectivity index (χ2v) is 6.92. The van der Waals surface area contributed by atoms with Gasteiger partial charge in [-0.2, -0.15) is 0 Å². The number of halogens is 1. The fraction of sp³-hybridized carbons (Fsp3) is 0.524. The fourth-order valence-electron chi connectivity index (χ4n) is 3.24. The molecule has 146 valence electrons. The summed E-state index contributed by atoms with van der Waals surface area (Å²) in [6.07, 6.45) is 11.9. The van der Waals surface area contributed by atoms with Crippen LogP contribution < -0.4 is 10.6 Å². The molecular formula is C21H28FN3O2. The molecule has 1 aliphatic rings. The number of amides is 3. The van der Waals surface area contributed by atoms with Gasteiger partial charge in [0, 0.05) is 25.6 Å². The molecule has 0 spiro atoms. The summed E-state index contributed by atoms with van der Waals surface area (Å²) < 4.78 is 13.0. The highest BCUT2D eigenvalue weighted by molar-refractivity contribution is 5.77. The van der Waals surface area contributed by atoms with Crippen LogP contribution in [0.25, 0.3) is 0 Å². The Morgan fingerprint density at radius 2 is 1.89 bits per heavy atom. The number of carbonyl (C=O) groups is 2. The normalized spacial score (nSPS) is 14.2. The van der Waals surface area contributed by atoms with E-state index in [0.717, 1.165) is 18.4 Å². The molecule has 1 saturated carbocycles. The van der Waals surface area contributed by atoms with E-state index in [1.165, 1.54) is 31.4 Å². The van der Waals surface area contributed by atoms with E-state index in [0.29, 0.717) is 25.9 Å². The molecule has 1 aromatic carbocycles. The summed E-state index contributed by atoms with van der Waals surface area (Å²) in [6, 6.07) is 6.11. The van der Waals surface area contributed by atoms with Crippen LogP contribution in [-0.4, -0.2) is 36.0 Å². The molecule has 1 aliphatic carbocycles. The first-order valence-electron chi connectivity index (χ1n) is 9.58. The number of nitrogens with zero attached hydrogens (tertiary/aromatic N) is 1. The maximum Gasteiger partial charge on any atom is 0.315 e. The topological polar surface area (TPSA) is 61.4 Å². The lowest BCUT2D eigenvalue weighted by Gasteiger charge is -2.23. The molecule has 3 amide bonds. The van der Waals surface area contributed by atoms with Gasteiger partial charge in [-0.05, 0) is 37.0 Å². The van der Waals surface area contributed by atoms with Gasteiger partial charge in [0.2, 0.25) is 5.91 Å². The summed E-state index contributed by atoms with van der Waals surface area (Å²) in [4.78, 5) is 25.8. The van der Waals surface area contributed by atoms with Crippen molar-refractivity contribution in [1.82, 2.24) is 15.5 Å². The van der Waals surface area contributed by atoms with E-state index in [2.05, 4.69) is 16.6 Å². The lowest BCUT2D eigenvalue weighted by atomic mass is 9.96. The Kier molecular flexibility index (Phi) is 8.63. The lowest BCUT2D eigenvalue weighted by molar-refractivity contribution is -0.131. The van der Waals surface area contributed by atoms with Crippen molar-refractivity contribution in [3.8, 4) is 12.3 Å². The Morgan fingerprint density at radius 3 is 2.56 bits per heavy atom. The third-order valence-corrected chi connectivity index (χ3v) is 4.71. The molecule has 27 heavy (non-hydrogen) atoms. The molecule has 0 radical (unpaired) electrons. The SMILES string of the molecule is C#CCN(Cc1ccc(F)cc1)C(=O)CCCNC(=O)NC1CCCCC1. The number of benzene rings is 1. The van der Waals surface area contributed by atoms with Gasteiger partial charge >= 0.3 is 6.03 Å². The minimum atomic E-state index is -0.314. The van der Waals surface area contributed by atoms with Crippen LogP contribution in [0.15, 0.2) is 24.3 Å². The van der Waals surface area contributed by atoms with Gasteiger partial charge in [0.1, 0.15) is 5.82 Å². The Bertz CT molecular complexity index is 648. The van der Waals surface area contributed by atoms with Gasteiger partial charge in [0.25, 0.3) is 0 Å². The van der Waals surface area contributed by atoms with E-state index < -0.39 is 0 Å². The molecule has 0 atom stereocenters. The Morgan fingerprint density at radius 1 is 1.19 bits per heavy atom. The van der Waals surface area contributed by atoms with E-state index in [-0.39, 0.29) is 30.3 Å². The second-order valence-electron chi connectivity index (χ2n) is 6.92. The first kappa shape index (κ1) is 20.8. The highest BCUT2D eigenvalue weighted by Crippen LogP contribution is 2.17. The van der Waals surface area contributed by atoms with Crippen LogP contribution in [0.2, 0.25) is 0 Å². The van der Waals surface area contributed by atoms with Crippen LogP contribution in [0.1, 0.15) is 50.5 Å². The number of nitrogens with one attached hydrogen (secondary N) is 2. The number of rotatable bonds is 8. The molecule has 0 unspecified atom stereocenters. The monoisotopic (exact) mass is 373 g/mol. The number of urea groups is 1. The highest BCUT2D eigenvalue weighted by atomic mass is 19.1. The van der Waals surface area contributed by atoms with E-state index in [9.17, 15) is 14.0 Å². The lowest BCUT2D eigenvalue weighted by Crippen LogP contribution is -2.43. The summed E-state index contributed by atoms with van der Waals surface area (Å²) in [5.41, 5.74) is 0.824. The number of hydrogen-bond donors (Lipinski definition) is 2. The van der Waals surface area contributed by atoms with E-state index in [4.69, 9.17) is 6.42 Å². The highest BCUT2D eigenvalue weighted by Gasteiger charge is 2.16. The van der Waals surface area contributed by atoms with Crippen LogP contribution in [0.5, 0.6) is 0 Å². The average Bonchev–Trinajstić information content (AvgIpc) is 2.67. The largest absolute Gasteiger partial charge is 0.338 e. The smallest absolute Gasteiger partial charge is 0.315 e. The predicted molar refractivity (Wildman–Crippen MR) is 103 cm³/mol. The van der Waals surface area contributed by atoms with E-state index >= 15 is 0 Å². The predicted octanol–water partition coefficient (Wildman–Crippen LogP) is 3.20. The van der Waals surface area contributed by atoms with Gasteiger partial charge in [-0.1, -0.05) is 37.3 Å². The van der Waals surface area contributed by atoms with Crippen LogP contribution in [0.3, 0.4) is 0 Å². The third-order valence-electron chi connectivity index (χ3n) is 4.71. The van der Waals surface area contributed by atoms with Gasteiger partial charge in [0.15, 0.2) is 0 Å². The molecule has 2 rings (SSSR count). The Balaban J connectivity index is 1.69. The molecule has 0 aromatic heterocycles. The van der Waals surface area contributed by atoms with Gasteiger partial charge in [0.05, 0.1) is 6.54 Å². The van der Waals surface area contributed by atoms with Gasteiger partial charge in [-0.15, -0.1) is 6.42 Å². The zero-order chi connectivity index (χ0) is 19.5. The van der Waals surface area contributed by atoms with Crippen molar-refractivity contribution in [3.63, 3.8) is 0 Å². The summed E-state index contributed by atoms with van der Waals surface area (Å²) in [5.74, 6) is 2.09. The number of hydrogen-bond acceptors (Lipinski definition) is 2. The molecule has 2 N–H and O–H groups in total. The van der Waals surface area contributed by atoms with E-state index in [1.54, 1.807) is 17.0 Å². The second kappa shape index (κ2) is 11.2. The van der Waals surface area contributed by atoms with Crippen molar-refractivity contribution < 1.29 is 14.0 Å². The van der Waals surface area contributed by atoms with Crippen molar-refractivity contribution in [3.05, 3.63) is 35.6 Å². The summed E-state index contributed by atoms with van der Waals surface area (Å²) in [7, 11) is 0. The van der Waals surface area contributed by atoms with Crippen molar-refractivity contribution in [2.75, 3.05) is 13.1 Å². The summed E-state index contributed by atoms with van der Waals surface area (Å²) in [5, 5.41) is 5.79. The molecule has 0 heterocycles. The number of carbonyl (C=O) groups excluding carboxylic acids is 2. The Labute approximate surface area is 160 Å². The molecule has 1 aromatic rings. The molecular weight excluding hydrogens is 345 g/mol. The van der Waals surface area contributed by atoms with Gasteiger partial charge < -0.3 is 15.5 Å². The van der Waals surface area contributed by atoms with Gasteiger partial charge in [-0.25, -0.2) is 9.18 Å². The molecule has 0 bridgehead atoms. The quantitative estimate of drug-likeness (QED) is 0.543. The molecule has 5 nitrogen and oxygen atoms in total. The van der Waals surface area contributed by atoms with Crippen LogP contribution >= 0.6 is 0 Å². The third kappa shape index (κ3) is 7.69. The summed E-state index contributed by atoms with van der Waals surface area (Å²) in [6.45, 7) is 0.982. The minimum absolute atomic E-state index is 0.0771. The van der Waals surface area contributed by atoms with Crippen molar-refractivity contribution in [2.24, 2.45) is 0 Å². The maximum atomic E-state index is 13.0. The molecule has 0 saturated heterocycles. The first-order chi connectivity index (χ1) is 13.1. The molecule has 6 heteroatoms. The van der Waals surface area contributed by atoms with Crippen molar-refractivity contribution in [1.29, 1.82) is 0 Å². The fourth-order valence-corrected chi connectivity index (χ4v) is 3.24. The van der Waals surface area contributed by atoms with E-state index in [1.807, 2.05) is 0 Å². The molecule has 0 aliphatic heterocycles. The standard InChI is InChI=1S/C21H28FN3O2/c1-2-15-25(16-17-10-12-18(22)13-11-17)20(26)9-6-14-23-21(27)24-19-7-4-3-5-8-19/h1,10-13,19H,3-9,14-16H2,(H2,23,24,27). The zero-order valence-electron chi connectivity index (χ0n) is 15.7. The number of terminal acetylenes is 1. The zero-order valence-corrected chi connectivity index (χ0v) is 15.7. The molecule has 1 fully saturated rings. The summed E-state index contributed by atoms with van der Waals surface area (Å²) >= 11 is 0. The Hall–Kier alpha value is -2.55. The van der Waals surface area contributed by atoms with Crippen LogP contribution in [-0.2, 0) is 11.3 Å².